The van der Waals surface area contributed by atoms with E-state index in [0.717, 1.165) is 38.0 Å². The SMILES string of the molecule is B[C@@H]1CC(SC2C=CC3[C@H]4Cc5cccc(OC)c5[C@@]3(CCN4O)C2)OC(C)C1C. The van der Waals surface area contributed by atoms with Crippen LogP contribution in [0.15, 0.2) is 30.4 Å². The van der Waals surface area contributed by atoms with E-state index < -0.39 is 0 Å². The van der Waals surface area contributed by atoms with Gasteiger partial charge in [0, 0.05) is 34.7 Å². The number of methoxy groups -OCH3 is 1. The van der Waals surface area contributed by atoms with Crippen molar-refractivity contribution in [3.63, 3.8) is 0 Å². The predicted octanol–water partition coefficient (Wildman–Crippen LogP) is 3.82. The Morgan fingerprint density at radius 1 is 1.30 bits per heavy atom. The molecule has 0 amide bonds. The van der Waals surface area contributed by atoms with Crippen LogP contribution in [-0.2, 0) is 16.6 Å². The number of rotatable bonds is 3. The van der Waals surface area contributed by atoms with Gasteiger partial charge in [-0.15, -0.1) is 11.8 Å². The van der Waals surface area contributed by atoms with Crippen LogP contribution >= 0.6 is 11.8 Å². The molecule has 2 saturated heterocycles. The molecular weight excluding hydrogens is 393 g/mol. The fourth-order valence-electron chi connectivity index (χ4n) is 6.53. The van der Waals surface area contributed by atoms with Crippen molar-refractivity contribution in [3.8, 4) is 5.75 Å². The molecule has 2 bridgehead atoms. The largest absolute Gasteiger partial charge is 0.496 e. The highest BCUT2D eigenvalue weighted by Gasteiger charge is 2.55. The maximum Gasteiger partial charge on any atom is 0.122 e. The molecule has 1 aromatic rings. The summed E-state index contributed by atoms with van der Waals surface area (Å²) in [5.74, 6) is 2.67. The molecular formula is C24H34BNO3S. The topological polar surface area (TPSA) is 41.9 Å². The van der Waals surface area contributed by atoms with Gasteiger partial charge < -0.3 is 14.7 Å². The number of hydroxylamine groups is 2. The Morgan fingerprint density at radius 2 is 2.13 bits per heavy atom. The minimum atomic E-state index is 0.0374. The van der Waals surface area contributed by atoms with E-state index in [1.165, 1.54) is 11.1 Å². The minimum Gasteiger partial charge on any atom is -0.496 e. The van der Waals surface area contributed by atoms with Gasteiger partial charge in [-0.25, -0.2) is 0 Å². The predicted molar refractivity (Wildman–Crippen MR) is 124 cm³/mol. The lowest BCUT2D eigenvalue weighted by atomic mass is 9.54. The lowest BCUT2D eigenvalue weighted by Gasteiger charge is -2.57. The van der Waals surface area contributed by atoms with Gasteiger partial charge in [-0.1, -0.05) is 37.0 Å². The second-order valence-corrected chi connectivity index (χ2v) is 11.4. The molecule has 0 aromatic heterocycles. The van der Waals surface area contributed by atoms with Gasteiger partial charge >= 0.3 is 0 Å². The zero-order chi connectivity index (χ0) is 21.0. The van der Waals surface area contributed by atoms with Gasteiger partial charge in [0.15, 0.2) is 0 Å². The summed E-state index contributed by atoms with van der Waals surface area (Å²) in [7, 11) is 4.16. The standard InChI is InChI=1S/C24H34BNO3S/c1-14-15(2)29-22(12-19(14)25)30-17-7-8-18-20-11-16-5-4-6-21(28-3)23(16)24(18,13-17)9-10-26(20)27/h4-8,14-15,17-20,22,27H,9-13,25H2,1-3H3/t14?,15?,17?,18?,19-,20-,22?,24+/m1/s1. The minimum absolute atomic E-state index is 0.0374. The molecule has 2 aliphatic carbocycles. The first-order valence-electron chi connectivity index (χ1n) is 11.5. The van der Waals surface area contributed by atoms with E-state index in [2.05, 4.69) is 52.0 Å². The number of nitrogens with zero attached hydrogens (tertiary/aromatic N) is 1. The van der Waals surface area contributed by atoms with Crippen LogP contribution in [0, 0.1) is 11.8 Å². The fraction of sp³-hybridized carbons (Fsp3) is 0.667. The molecule has 0 saturated carbocycles. The lowest BCUT2D eigenvalue weighted by molar-refractivity contribution is -0.174. The van der Waals surface area contributed by atoms with Crippen molar-refractivity contribution in [2.45, 2.75) is 73.6 Å². The van der Waals surface area contributed by atoms with Crippen molar-refractivity contribution in [1.82, 2.24) is 5.06 Å². The first-order valence-corrected chi connectivity index (χ1v) is 12.5. The number of thioether (sulfide) groups is 1. The number of fused-ring (bicyclic) bond motifs is 1. The summed E-state index contributed by atoms with van der Waals surface area (Å²) in [4.78, 5) is 0. The zero-order valence-electron chi connectivity index (χ0n) is 18.6. The van der Waals surface area contributed by atoms with Crippen molar-refractivity contribution < 1.29 is 14.7 Å². The summed E-state index contributed by atoms with van der Waals surface area (Å²) >= 11 is 2.01. The third-order valence-corrected chi connectivity index (χ3v) is 9.76. The van der Waals surface area contributed by atoms with Crippen LogP contribution in [0.3, 0.4) is 0 Å². The van der Waals surface area contributed by atoms with E-state index >= 15 is 0 Å². The lowest BCUT2D eigenvalue weighted by Crippen LogP contribution is -2.60. The number of piperidine rings is 1. The van der Waals surface area contributed by atoms with E-state index in [0.29, 0.717) is 29.0 Å². The van der Waals surface area contributed by atoms with Crippen molar-refractivity contribution in [1.29, 1.82) is 0 Å². The number of hydrogen-bond acceptors (Lipinski definition) is 5. The summed E-state index contributed by atoms with van der Waals surface area (Å²) in [5.41, 5.74) is 3.05. The Balaban J connectivity index is 1.47. The Labute approximate surface area is 185 Å². The highest BCUT2D eigenvalue weighted by molar-refractivity contribution is 8.00. The summed E-state index contributed by atoms with van der Waals surface area (Å²) in [6, 6.07) is 6.60. The molecule has 0 spiro atoms. The van der Waals surface area contributed by atoms with Crippen LogP contribution in [0.1, 0.15) is 44.2 Å². The van der Waals surface area contributed by atoms with E-state index in [-0.39, 0.29) is 16.9 Å². The van der Waals surface area contributed by atoms with Crippen molar-refractivity contribution in [3.05, 3.63) is 41.5 Å². The average Bonchev–Trinajstić information content (AvgIpc) is 2.74. The quantitative estimate of drug-likeness (QED) is 0.587. The van der Waals surface area contributed by atoms with Crippen LogP contribution in [-0.4, -0.2) is 54.6 Å². The molecule has 2 aliphatic heterocycles. The van der Waals surface area contributed by atoms with Crippen LogP contribution in [0.2, 0.25) is 5.82 Å². The summed E-state index contributed by atoms with van der Waals surface area (Å²) < 4.78 is 12.3. The Hall–Kier alpha value is -0.945. The van der Waals surface area contributed by atoms with Gasteiger partial charge in [-0.05, 0) is 50.2 Å². The molecule has 1 N–H and O–H groups in total. The second-order valence-electron chi connectivity index (χ2n) is 9.97. The normalized spacial score (nSPS) is 43.0. The van der Waals surface area contributed by atoms with Crippen molar-refractivity contribution in [2.75, 3.05) is 13.7 Å². The second kappa shape index (κ2) is 7.88. The molecule has 0 radical (unpaired) electrons. The van der Waals surface area contributed by atoms with Gasteiger partial charge in [-0.2, -0.15) is 5.06 Å². The third-order valence-electron chi connectivity index (χ3n) is 8.48. The van der Waals surface area contributed by atoms with Crippen molar-refractivity contribution in [2.24, 2.45) is 11.8 Å². The van der Waals surface area contributed by atoms with Crippen LogP contribution < -0.4 is 4.74 Å². The van der Waals surface area contributed by atoms with Crippen LogP contribution in [0.4, 0.5) is 0 Å². The third kappa shape index (κ3) is 3.26. The summed E-state index contributed by atoms with van der Waals surface area (Å²) in [6.07, 6.45) is 9.20. The van der Waals surface area contributed by atoms with E-state index in [9.17, 15) is 5.21 Å². The van der Waals surface area contributed by atoms with Gasteiger partial charge in [0.25, 0.3) is 0 Å². The molecule has 2 fully saturated rings. The molecule has 2 heterocycles. The first kappa shape index (κ1) is 20.9. The molecule has 4 aliphatic rings. The van der Waals surface area contributed by atoms with Crippen LogP contribution in [0.25, 0.3) is 0 Å². The monoisotopic (exact) mass is 427 g/mol. The van der Waals surface area contributed by atoms with Gasteiger partial charge in [0.2, 0.25) is 0 Å². The molecule has 4 nitrogen and oxygen atoms in total. The van der Waals surface area contributed by atoms with Gasteiger partial charge in [-0.3, -0.25) is 0 Å². The fourth-order valence-corrected chi connectivity index (χ4v) is 8.15. The number of hydrogen-bond donors (Lipinski definition) is 1. The maximum atomic E-state index is 10.7. The number of benzene rings is 1. The Morgan fingerprint density at radius 3 is 2.90 bits per heavy atom. The van der Waals surface area contributed by atoms with E-state index in [4.69, 9.17) is 9.47 Å². The number of ether oxygens (including phenoxy) is 2. The maximum absolute atomic E-state index is 10.7. The summed E-state index contributed by atoms with van der Waals surface area (Å²) in [5, 5.41) is 12.7. The smallest absolute Gasteiger partial charge is 0.122 e. The zero-order valence-corrected chi connectivity index (χ0v) is 19.4. The van der Waals surface area contributed by atoms with Crippen molar-refractivity contribution >= 4 is 19.6 Å². The molecule has 5 unspecified atom stereocenters. The molecule has 8 atom stereocenters. The van der Waals surface area contributed by atoms with Crippen LogP contribution in [0.5, 0.6) is 5.75 Å². The highest BCUT2D eigenvalue weighted by Crippen LogP contribution is 2.57. The van der Waals surface area contributed by atoms with Gasteiger partial charge in [0.05, 0.1) is 13.2 Å². The van der Waals surface area contributed by atoms with E-state index in [1.807, 2.05) is 11.8 Å². The molecule has 5 rings (SSSR count). The summed E-state index contributed by atoms with van der Waals surface area (Å²) in [6.45, 7) is 5.27. The molecule has 30 heavy (non-hydrogen) atoms. The Kier molecular flexibility index (Phi) is 5.50. The highest BCUT2D eigenvalue weighted by atomic mass is 32.2. The molecule has 162 valence electrons. The average molecular weight is 427 g/mol. The molecule has 6 heteroatoms. The Bertz CT molecular complexity index is 823. The van der Waals surface area contributed by atoms with E-state index in [1.54, 1.807) is 12.2 Å². The molecule has 1 aromatic carbocycles. The first-order chi connectivity index (χ1) is 14.4. The van der Waals surface area contributed by atoms with Gasteiger partial charge in [0.1, 0.15) is 19.0 Å².